The zero-order valence-corrected chi connectivity index (χ0v) is 13.6. The van der Waals surface area contributed by atoms with Crippen LogP contribution in [0.15, 0.2) is 24.3 Å². The fraction of sp³-hybridized carbons (Fsp3) is 0.588. The first-order chi connectivity index (χ1) is 10.7. The van der Waals surface area contributed by atoms with Gasteiger partial charge in [0.25, 0.3) is 0 Å². The van der Waals surface area contributed by atoms with E-state index in [0.717, 1.165) is 57.3 Å². The highest BCUT2D eigenvalue weighted by Gasteiger charge is 2.27. The van der Waals surface area contributed by atoms with Gasteiger partial charge in [0.15, 0.2) is 0 Å². The fourth-order valence-electron chi connectivity index (χ4n) is 3.23. The Bertz CT molecular complexity index is 500. The summed E-state index contributed by atoms with van der Waals surface area (Å²) in [7, 11) is 0. The maximum atomic E-state index is 12.4. The van der Waals surface area contributed by atoms with Crippen LogP contribution in [0.2, 0.25) is 5.02 Å². The number of amides is 1. The van der Waals surface area contributed by atoms with Gasteiger partial charge < -0.3 is 9.64 Å². The lowest BCUT2D eigenvalue weighted by Gasteiger charge is -2.28. The van der Waals surface area contributed by atoms with Crippen LogP contribution in [0.5, 0.6) is 0 Å². The molecule has 5 heteroatoms. The molecule has 0 N–H and O–H groups in total. The summed E-state index contributed by atoms with van der Waals surface area (Å²) in [6.45, 7) is 5.53. The van der Waals surface area contributed by atoms with Gasteiger partial charge in [-0.05, 0) is 36.5 Å². The number of ether oxygens (including phenoxy) is 1. The van der Waals surface area contributed by atoms with Gasteiger partial charge in [0.05, 0.1) is 19.8 Å². The third kappa shape index (κ3) is 4.22. The lowest BCUT2D eigenvalue weighted by molar-refractivity contribution is -0.132. The molecule has 2 aliphatic heterocycles. The molecular weight excluding hydrogens is 300 g/mol. The number of likely N-dealkylation sites (tertiary alicyclic amines) is 1. The van der Waals surface area contributed by atoms with Gasteiger partial charge in [0.1, 0.15) is 0 Å². The predicted molar refractivity (Wildman–Crippen MR) is 87.1 cm³/mol. The number of nitrogens with zero attached hydrogens (tertiary/aromatic N) is 2. The Morgan fingerprint density at radius 1 is 1.18 bits per heavy atom. The Morgan fingerprint density at radius 2 is 1.91 bits per heavy atom. The summed E-state index contributed by atoms with van der Waals surface area (Å²) in [6.07, 6.45) is 2.12. The summed E-state index contributed by atoms with van der Waals surface area (Å²) in [5.41, 5.74) is 1.30. The minimum Gasteiger partial charge on any atom is -0.379 e. The zero-order chi connectivity index (χ0) is 15.4. The predicted octanol–water partition coefficient (Wildman–Crippen LogP) is 2.06. The van der Waals surface area contributed by atoms with E-state index in [1.165, 1.54) is 5.56 Å². The van der Waals surface area contributed by atoms with Crippen LogP contribution in [0.1, 0.15) is 12.0 Å². The van der Waals surface area contributed by atoms with Crippen molar-refractivity contribution in [2.24, 2.45) is 5.92 Å². The second-order valence-electron chi connectivity index (χ2n) is 6.21. The molecule has 4 nitrogen and oxygen atoms in total. The molecule has 1 atom stereocenters. The Hall–Kier alpha value is -1.10. The minimum absolute atomic E-state index is 0.264. The van der Waals surface area contributed by atoms with E-state index >= 15 is 0 Å². The second-order valence-corrected chi connectivity index (χ2v) is 6.65. The van der Waals surface area contributed by atoms with E-state index in [9.17, 15) is 4.79 Å². The second kappa shape index (κ2) is 7.44. The first-order valence-electron chi connectivity index (χ1n) is 8.03. The number of carbonyl (C=O) groups is 1. The van der Waals surface area contributed by atoms with E-state index in [1.807, 2.05) is 17.0 Å². The topological polar surface area (TPSA) is 32.8 Å². The molecule has 0 spiro atoms. The highest BCUT2D eigenvalue weighted by atomic mass is 35.5. The van der Waals surface area contributed by atoms with Crippen LogP contribution in [0.4, 0.5) is 0 Å². The van der Waals surface area contributed by atoms with E-state index in [-0.39, 0.29) is 5.91 Å². The molecule has 22 heavy (non-hydrogen) atoms. The van der Waals surface area contributed by atoms with E-state index in [4.69, 9.17) is 16.3 Å². The molecule has 2 aliphatic rings. The van der Waals surface area contributed by atoms with Gasteiger partial charge in [-0.1, -0.05) is 23.7 Å². The van der Waals surface area contributed by atoms with Gasteiger partial charge in [-0.25, -0.2) is 0 Å². The Labute approximate surface area is 137 Å². The molecule has 2 saturated heterocycles. The molecule has 2 fully saturated rings. The summed E-state index contributed by atoms with van der Waals surface area (Å²) >= 11 is 5.92. The normalized spacial score (nSPS) is 23.0. The van der Waals surface area contributed by atoms with E-state index < -0.39 is 0 Å². The Kier molecular flexibility index (Phi) is 5.34. The van der Waals surface area contributed by atoms with Gasteiger partial charge >= 0.3 is 0 Å². The van der Waals surface area contributed by atoms with Crippen molar-refractivity contribution in [3.05, 3.63) is 34.9 Å². The molecule has 0 saturated carbocycles. The van der Waals surface area contributed by atoms with Crippen LogP contribution in [0.25, 0.3) is 0 Å². The first-order valence-corrected chi connectivity index (χ1v) is 8.41. The van der Waals surface area contributed by atoms with Gasteiger partial charge in [-0.15, -0.1) is 0 Å². The van der Waals surface area contributed by atoms with Crippen molar-refractivity contribution < 1.29 is 9.53 Å². The molecule has 1 amide bonds. The largest absolute Gasteiger partial charge is 0.379 e. The van der Waals surface area contributed by atoms with Gasteiger partial charge in [-0.2, -0.15) is 0 Å². The molecule has 2 heterocycles. The molecule has 120 valence electrons. The van der Waals surface area contributed by atoms with Crippen LogP contribution >= 0.6 is 11.6 Å². The van der Waals surface area contributed by atoms with Crippen molar-refractivity contribution >= 4 is 17.5 Å². The van der Waals surface area contributed by atoms with Crippen molar-refractivity contribution in [1.29, 1.82) is 0 Å². The number of benzene rings is 1. The number of hydrogen-bond acceptors (Lipinski definition) is 3. The summed E-state index contributed by atoms with van der Waals surface area (Å²) in [4.78, 5) is 16.6. The number of halogens is 1. The maximum Gasteiger partial charge on any atom is 0.236 e. The highest BCUT2D eigenvalue weighted by Crippen LogP contribution is 2.22. The molecular formula is C17H23ClN2O2. The van der Waals surface area contributed by atoms with Crippen LogP contribution < -0.4 is 0 Å². The molecule has 3 rings (SSSR count). The standard InChI is InChI=1S/C17H23ClN2O2/c18-16-3-1-14(2-4-16)11-15-5-6-20(12-15)17(21)13-19-7-9-22-10-8-19/h1-4,15H,5-13H2. The van der Waals surface area contributed by atoms with Crippen molar-refractivity contribution in [1.82, 2.24) is 9.80 Å². The SMILES string of the molecule is O=C(CN1CCOCC1)N1CCC(Cc2ccc(Cl)cc2)C1. The average Bonchev–Trinajstić information content (AvgIpc) is 2.99. The summed E-state index contributed by atoms with van der Waals surface area (Å²) in [6, 6.07) is 8.04. The molecule has 0 radical (unpaired) electrons. The minimum atomic E-state index is 0.264. The molecule has 1 unspecified atom stereocenters. The number of rotatable bonds is 4. The summed E-state index contributed by atoms with van der Waals surface area (Å²) in [5.74, 6) is 0.829. The highest BCUT2D eigenvalue weighted by molar-refractivity contribution is 6.30. The summed E-state index contributed by atoms with van der Waals surface area (Å²) < 4.78 is 5.32. The van der Waals surface area contributed by atoms with E-state index in [1.54, 1.807) is 0 Å². The third-order valence-corrected chi connectivity index (χ3v) is 4.79. The van der Waals surface area contributed by atoms with Crippen molar-refractivity contribution in [2.75, 3.05) is 45.9 Å². The van der Waals surface area contributed by atoms with Crippen LogP contribution in [-0.2, 0) is 16.0 Å². The monoisotopic (exact) mass is 322 g/mol. The molecule has 0 aliphatic carbocycles. The number of morpholine rings is 1. The summed E-state index contributed by atoms with van der Waals surface area (Å²) in [5, 5.41) is 0.775. The first kappa shape index (κ1) is 15.8. The average molecular weight is 323 g/mol. The third-order valence-electron chi connectivity index (χ3n) is 4.54. The number of hydrogen-bond donors (Lipinski definition) is 0. The Balaban J connectivity index is 1.46. The number of carbonyl (C=O) groups excluding carboxylic acids is 1. The van der Waals surface area contributed by atoms with Gasteiger partial charge in [0, 0.05) is 31.2 Å². The zero-order valence-electron chi connectivity index (χ0n) is 12.8. The fourth-order valence-corrected chi connectivity index (χ4v) is 3.36. The van der Waals surface area contributed by atoms with Gasteiger partial charge in [0.2, 0.25) is 5.91 Å². The smallest absolute Gasteiger partial charge is 0.236 e. The maximum absolute atomic E-state index is 12.4. The lowest BCUT2D eigenvalue weighted by atomic mass is 9.99. The van der Waals surface area contributed by atoms with Crippen LogP contribution in [0.3, 0.4) is 0 Å². The Morgan fingerprint density at radius 3 is 2.64 bits per heavy atom. The van der Waals surface area contributed by atoms with E-state index in [0.29, 0.717) is 12.5 Å². The molecule has 1 aromatic carbocycles. The van der Waals surface area contributed by atoms with Gasteiger partial charge in [-0.3, -0.25) is 9.69 Å². The lowest BCUT2D eigenvalue weighted by Crippen LogP contribution is -2.44. The van der Waals surface area contributed by atoms with E-state index in [2.05, 4.69) is 17.0 Å². The molecule has 0 bridgehead atoms. The molecule has 0 aromatic heterocycles. The van der Waals surface area contributed by atoms with Crippen molar-refractivity contribution in [3.63, 3.8) is 0 Å². The van der Waals surface area contributed by atoms with Crippen molar-refractivity contribution in [3.8, 4) is 0 Å². The van der Waals surface area contributed by atoms with Crippen molar-refractivity contribution in [2.45, 2.75) is 12.8 Å². The quantitative estimate of drug-likeness (QED) is 0.850. The molecule has 1 aromatic rings. The van der Waals surface area contributed by atoms with Crippen LogP contribution in [-0.4, -0.2) is 61.6 Å². The van der Waals surface area contributed by atoms with Crippen LogP contribution in [0, 0.1) is 5.92 Å².